The quantitative estimate of drug-likeness (QED) is 0.429. The molecule has 2 aliphatic heterocycles. The van der Waals surface area contributed by atoms with Crippen LogP contribution in [0, 0.1) is 0 Å². The highest BCUT2D eigenvalue weighted by Crippen LogP contribution is 2.17. The summed E-state index contributed by atoms with van der Waals surface area (Å²) in [6, 6.07) is 6.68. The number of nitrogens with zero attached hydrogens (tertiary/aromatic N) is 4. The summed E-state index contributed by atoms with van der Waals surface area (Å²) in [6.45, 7) is 6.85. The first-order chi connectivity index (χ1) is 11.4. The maximum absolute atomic E-state index is 5.45. The Morgan fingerprint density at radius 2 is 2.17 bits per heavy atom. The number of rotatable bonds is 4. The number of halogens is 1. The smallest absolute Gasteiger partial charge is 0.193 e. The van der Waals surface area contributed by atoms with E-state index in [-0.39, 0.29) is 24.0 Å². The van der Waals surface area contributed by atoms with Gasteiger partial charge in [0.05, 0.1) is 13.2 Å². The van der Waals surface area contributed by atoms with E-state index in [0.717, 1.165) is 64.0 Å². The van der Waals surface area contributed by atoms with Crippen LogP contribution in [0.5, 0.6) is 0 Å². The second-order valence-electron chi connectivity index (χ2n) is 6.08. The van der Waals surface area contributed by atoms with Gasteiger partial charge < -0.3 is 15.0 Å². The Morgan fingerprint density at radius 1 is 1.33 bits per heavy atom. The minimum Gasteiger partial charge on any atom is -0.379 e. The minimum atomic E-state index is 0. The Balaban J connectivity index is 0.00000208. The number of likely N-dealkylation sites (tertiary alicyclic amines) is 1. The lowest BCUT2D eigenvalue weighted by Gasteiger charge is -2.32. The summed E-state index contributed by atoms with van der Waals surface area (Å²) in [5.74, 6) is 1.01. The van der Waals surface area contributed by atoms with Gasteiger partial charge in [-0.05, 0) is 18.6 Å². The van der Waals surface area contributed by atoms with Crippen molar-refractivity contribution in [1.82, 2.24) is 20.1 Å². The number of aromatic nitrogens is 1. The highest BCUT2D eigenvalue weighted by molar-refractivity contribution is 14.0. The molecule has 1 aromatic rings. The third-order valence-electron chi connectivity index (χ3n) is 4.63. The zero-order valence-electron chi connectivity index (χ0n) is 14.4. The molecule has 0 radical (unpaired) electrons. The molecule has 7 heteroatoms. The molecule has 2 aliphatic rings. The summed E-state index contributed by atoms with van der Waals surface area (Å²) in [5, 5.41) is 3.48. The Morgan fingerprint density at radius 3 is 2.88 bits per heavy atom. The first-order valence-corrected chi connectivity index (χ1v) is 8.54. The molecule has 1 atom stereocenters. The number of aliphatic imine (C=N–C) groups is 1. The summed E-state index contributed by atoms with van der Waals surface area (Å²) >= 11 is 0. The first kappa shape index (κ1) is 19.4. The number of ether oxygens (including phenoxy) is 1. The maximum atomic E-state index is 5.45. The van der Waals surface area contributed by atoms with E-state index in [4.69, 9.17) is 4.74 Å². The molecule has 1 unspecified atom stereocenters. The van der Waals surface area contributed by atoms with E-state index in [0.29, 0.717) is 6.04 Å². The average Bonchev–Trinajstić information content (AvgIpc) is 3.10. The molecule has 1 aromatic heterocycles. The van der Waals surface area contributed by atoms with E-state index < -0.39 is 0 Å². The third-order valence-corrected chi connectivity index (χ3v) is 4.63. The van der Waals surface area contributed by atoms with E-state index in [1.165, 1.54) is 6.42 Å². The van der Waals surface area contributed by atoms with Crippen molar-refractivity contribution in [2.24, 2.45) is 4.99 Å². The molecule has 0 bridgehead atoms. The standard InChI is InChI=1S/C17H27N5O.HI/c1-18-17(20-8-5-15-4-2-3-7-19-15)22-9-6-16(14-22)21-10-12-23-13-11-21;/h2-4,7,16H,5-6,8-14H2,1H3,(H,18,20);1H. The van der Waals surface area contributed by atoms with Gasteiger partial charge in [-0.3, -0.25) is 14.9 Å². The van der Waals surface area contributed by atoms with Crippen LogP contribution in [0.4, 0.5) is 0 Å². The van der Waals surface area contributed by atoms with Crippen LogP contribution in [0.1, 0.15) is 12.1 Å². The molecule has 0 amide bonds. The predicted octanol–water partition coefficient (Wildman–Crippen LogP) is 1.22. The molecule has 0 saturated carbocycles. The number of nitrogens with one attached hydrogen (secondary N) is 1. The molecule has 2 fully saturated rings. The molecule has 0 aliphatic carbocycles. The van der Waals surface area contributed by atoms with Crippen LogP contribution in [0.2, 0.25) is 0 Å². The molecule has 0 aromatic carbocycles. The Kier molecular flexibility index (Phi) is 8.20. The van der Waals surface area contributed by atoms with Crippen LogP contribution in [0.3, 0.4) is 0 Å². The molecule has 24 heavy (non-hydrogen) atoms. The van der Waals surface area contributed by atoms with Gasteiger partial charge in [-0.1, -0.05) is 6.07 Å². The fourth-order valence-corrected chi connectivity index (χ4v) is 3.36. The molecule has 0 spiro atoms. The second kappa shape index (κ2) is 10.1. The summed E-state index contributed by atoms with van der Waals surface area (Å²) in [6.07, 6.45) is 3.97. The van der Waals surface area contributed by atoms with E-state index in [9.17, 15) is 0 Å². The molecule has 6 nitrogen and oxygen atoms in total. The van der Waals surface area contributed by atoms with Crippen molar-refractivity contribution in [2.75, 3.05) is 53.0 Å². The van der Waals surface area contributed by atoms with Gasteiger partial charge in [0, 0.05) is 64.1 Å². The average molecular weight is 445 g/mol. The molecule has 134 valence electrons. The summed E-state index contributed by atoms with van der Waals surface area (Å²) in [7, 11) is 1.87. The lowest BCUT2D eigenvalue weighted by atomic mass is 10.2. The number of hydrogen-bond acceptors (Lipinski definition) is 4. The number of guanidine groups is 1. The molecule has 3 heterocycles. The summed E-state index contributed by atoms with van der Waals surface area (Å²) < 4.78 is 5.45. The topological polar surface area (TPSA) is 53.0 Å². The van der Waals surface area contributed by atoms with Gasteiger partial charge >= 0.3 is 0 Å². The van der Waals surface area contributed by atoms with E-state index in [1.54, 1.807) is 0 Å². The van der Waals surface area contributed by atoms with Crippen molar-refractivity contribution in [1.29, 1.82) is 0 Å². The van der Waals surface area contributed by atoms with Crippen LogP contribution in [0.15, 0.2) is 29.4 Å². The first-order valence-electron chi connectivity index (χ1n) is 8.54. The van der Waals surface area contributed by atoms with Crippen molar-refractivity contribution in [2.45, 2.75) is 18.9 Å². The van der Waals surface area contributed by atoms with Gasteiger partial charge in [0.15, 0.2) is 5.96 Å². The number of pyridine rings is 1. The van der Waals surface area contributed by atoms with Crippen LogP contribution < -0.4 is 5.32 Å². The fraction of sp³-hybridized carbons (Fsp3) is 0.647. The number of morpholine rings is 1. The van der Waals surface area contributed by atoms with E-state index >= 15 is 0 Å². The highest BCUT2D eigenvalue weighted by Gasteiger charge is 2.30. The molecular weight excluding hydrogens is 417 g/mol. The van der Waals surface area contributed by atoms with E-state index in [1.807, 2.05) is 25.4 Å². The molecular formula is C17H28IN5O. The second-order valence-corrected chi connectivity index (χ2v) is 6.08. The summed E-state index contributed by atoms with van der Waals surface area (Å²) in [4.78, 5) is 13.7. The van der Waals surface area contributed by atoms with Gasteiger partial charge in [0.1, 0.15) is 0 Å². The molecule has 2 saturated heterocycles. The lowest BCUT2D eigenvalue weighted by molar-refractivity contribution is 0.0195. The third kappa shape index (κ3) is 5.29. The SMILES string of the molecule is CN=C(NCCc1ccccn1)N1CCC(N2CCOCC2)C1.I. The van der Waals surface area contributed by atoms with Crippen molar-refractivity contribution in [3.05, 3.63) is 30.1 Å². The number of hydrogen-bond donors (Lipinski definition) is 1. The van der Waals surface area contributed by atoms with Crippen molar-refractivity contribution in [3.63, 3.8) is 0 Å². The molecule has 3 rings (SSSR count). The van der Waals surface area contributed by atoms with Gasteiger partial charge in [-0.15, -0.1) is 24.0 Å². The van der Waals surface area contributed by atoms with Crippen LogP contribution >= 0.6 is 24.0 Å². The van der Waals surface area contributed by atoms with Crippen molar-refractivity contribution in [3.8, 4) is 0 Å². The fourth-order valence-electron chi connectivity index (χ4n) is 3.36. The molecule has 1 N–H and O–H groups in total. The normalized spacial score (nSPS) is 22.3. The largest absolute Gasteiger partial charge is 0.379 e. The van der Waals surface area contributed by atoms with Gasteiger partial charge in [-0.2, -0.15) is 0 Å². The van der Waals surface area contributed by atoms with Gasteiger partial charge in [0.25, 0.3) is 0 Å². The maximum Gasteiger partial charge on any atom is 0.193 e. The zero-order chi connectivity index (χ0) is 15.9. The van der Waals surface area contributed by atoms with Crippen LogP contribution in [0.25, 0.3) is 0 Å². The zero-order valence-corrected chi connectivity index (χ0v) is 16.7. The monoisotopic (exact) mass is 445 g/mol. The van der Waals surface area contributed by atoms with Crippen molar-refractivity contribution >= 4 is 29.9 Å². The Bertz CT molecular complexity index is 507. The van der Waals surface area contributed by atoms with Crippen LogP contribution in [-0.2, 0) is 11.2 Å². The van der Waals surface area contributed by atoms with Crippen LogP contribution in [-0.4, -0.2) is 79.8 Å². The Labute approximate surface area is 161 Å². The summed E-state index contributed by atoms with van der Waals surface area (Å²) in [5.41, 5.74) is 1.11. The Hall–Kier alpha value is -0.930. The predicted molar refractivity (Wildman–Crippen MR) is 107 cm³/mol. The van der Waals surface area contributed by atoms with Gasteiger partial charge in [0.2, 0.25) is 0 Å². The van der Waals surface area contributed by atoms with Crippen molar-refractivity contribution < 1.29 is 4.74 Å². The highest BCUT2D eigenvalue weighted by atomic mass is 127. The van der Waals surface area contributed by atoms with E-state index in [2.05, 4.69) is 31.2 Å². The van der Waals surface area contributed by atoms with Gasteiger partial charge in [-0.25, -0.2) is 0 Å². The minimum absolute atomic E-state index is 0. The lowest BCUT2D eigenvalue weighted by Crippen LogP contribution is -2.46.